The SMILES string of the molecule is CC(C)(/C=C/C[C@](C)(O)[C@H]1CC[C@]2(C)[C@@H]1CC[C@@H]1[C@@]3(C)C(O)C(O)[C@H](O[C@@H]4O[C@H](CO)[C@@H](O)[C@H](O)[C@H]4O)C(C)(C)[C@@H]3CC[C@]12C)OO. The molecule has 2 unspecified atom stereocenters. The van der Waals surface area contributed by atoms with E-state index in [0.717, 1.165) is 38.5 Å². The smallest absolute Gasteiger partial charge is 0.187 e. The zero-order valence-corrected chi connectivity index (χ0v) is 29.5. The summed E-state index contributed by atoms with van der Waals surface area (Å²) in [6.45, 7) is 15.8. The average Bonchev–Trinajstić information content (AvgIpc) is 3.37. The Kier molecular flexibility index (Phi) is 10.00. The molecule has 11 heteroatoms. The lowest BCUT2D eigenvalue weighted by Gasteiger charge is -2.71. The predicted octanol–water partition coefficient (Wildman–Crippen LogP) is 2.76. The molecule has 1 heterocycles. The fourth-order valence-corrected chi connectivity index (χ4v) is 11.9. The molecule has 1 aliphatic heterocycles. The van der Waals surface area contributed by atoms with Crippen LogP contribution >= 0.6 is 0 Å². The van der Waals surface area contributed by atoms with E-state index in [2.05, 4.69) is 25.7 Å². The summed E-state index contributed by atoms with van der Waals surface area (Å²) >= 11 is 0. The third-order valence-electron chi connectivity index (χ3n) is 14.7. The van der Waals surface area contributed by atoms with Crippen molar-refractivity contribution in [3.05, 3.63) is 12.2 Å². The molecule has 0 aromatic rings. The van der Waals surface area contributed by atoms with Crippen LogP contribution in [-0.4, -0.2) is 108 Å². The molecule has 0 spiro atoms. The van der Waals surface area contributed by atoms with Crippen molar-refractivity contribution in [2.45, 2.75) is 161 Å². The third-order valence-corrected chi connectivity index (χ3v) is 14.7. The fraction of sp³-hybridized carbons (Fsp3) is 0.944. The number of aliphatic hydroxyl groups excluding tert-OH is 6. The van der Waals surface area contributed by atoms with Crippen molar-refractivity contribution >= 4 is 0 Å². The maximum atomic E-state index is 12.1. The summed E-state index contributed by atoms with van der Waals surface area (Å²) in [6.07, 6.45) is -1.24. The number of fused-ring (bicyclic) bond motifs is 5. The highest BCUT2D eigenvalue weighted by atomic mass is 17.1. The van der Waals surface area contributed by atoms with Crippen molar-refractivity contribution in [1.29, 1.82) is 0 Å². The summed E-state index contributed by atoms with van der Waals surface area (Å²) in [6, 6.07) is 0. The van der Waals surface area contributed by atoms with Gasteiger partial charge in [-0.3, -0.25) is 5.26 Å². The van der Waals surface area contributed by atoms with E-state index in [0.29, 0.717) is 6.42 Å². The van der Waals surface area contributed by atoms with Crippen molar-refractivity contribution in [3.63, 3.8) is 0 Å². The van der Waals surface area contributed by atoms with E-state index in [1.165, 1.54) is 0 Å². The standard InChI is InChI=1S/C36H62O11/c1-31(2,47-44)14-9-15-35(7,43)20-12-16-33(5)19(20)10-11-23-34(33,6)17-13-22-32(3,4)29(27(41)28(42)36(22,23)8)46-30-26(40)25(39)24(38)21(18-37)45-30/h9,14,19-30,37-44H,10-13,15-18H2,1-8H3/b14-9+/t19-,20+,21-,22+,23+,24-,25+,26-,27?,28?,29+,30+,33-,34-,35+,36+/m1/s1. The van der Waals surface area contributed by atoms with Gasteiger partial charge in [-0.1, -0.05) is 46.8 Å². The minimum atomic E-state index is -1.61. The largest absolute Gasteiger partial charge is 0.394 e. The zero-order valence-electron chi connectivity index (χ0n) is 29.5. The van der Waals surface area contributed by atoms with Crippen LogP contribution in [0.1, 0.15) is 100 Å². The Labute approximate surface area is 279 Å². The van der Waals surface area contributed by atoms with Gasteiger partial charge in [0.2, 0.25) is 0 Å². The molecule has 5 fully saturated rings. The van der Waals surface area contributed by atoms with Crippen LogP contribution in [0.3, 0.4) is 0 Å². The molecule has 8 N–H and O–H groups in total. The second kappa shape index (κ2) is 12.5. The highest BCUT2D eigenvalue weighted by molar-refractivity contribution is 5.21. The van der Waals surface area contributed by atoms with Crippen LogP contribution in [0.4, 0.5) is 0 Å². The molecule has 272 valence electrons. The first kappa shape index (κ1) is 37.6. The molecule has 0 amide bonds. The Bertz CT molecular complexity index is 1160. The highest BCUT2D eigenvalue weighted by Gasteiger charge is 2.73. The van der Waals surface area contributed by atoms with Gasteiger partial charge in [-0.2, -0.15) is 0 Å². The first-order chi connectivity index (χ1) is 21.6. The minimum Gasteiger partial charge on any atom is -0.394 e. The molecular weight excluding hydrogens is 608 g/mol. The van der Waals surface area contributed by atoms with E-state index in [4.69, 9.17) is 9.47 Å². The number of ether oxygens (including phenoxy) is 2. The molecule has 47 heavy (non-hydrogen) atoms. The lowest BCUT2D eigenvalue weighted by molar-refractivity contribution is -0.355. The quantitative estimate of drug-likeness (QED) is 0.0821. The lowest BCUT2D eigenvalue weighted by atomic mass is 9.34. The van der Waals surface area contributed by atoms with Crippen LogP contribution in [0, 0.1) is 45.3 Å². The highest BCUT2D eigenvalue weighted by Crippen LogP contribution is 2.76. The molecule has 5 rings (SSSR count). The second-order valence-corrected chi connectivity index (χ2v) is 17.8. The normalized spacial score (nSPS) is 51.2. The maximum Gasteiger partial charge on any atom is 0.187 e. The summed E-state index contributed by atoms with van der Waals surface area (Å²) in [7, 11) is 0. The van der Waals surface area contributed by atoms with Gasteiger partial charge in [-0.15, -0.1) is 0 Å². The first-order valence-electron chi connectivity index (χ1n) is 17.7. The van der Waals surface area contributed by atoms with Crippen molar-refractivity contribution in [2.75, 3.05) is 6.61 Å². The van der Waals surface area contributed by atoms with Crippen LogP contribution in [-0.2, 0) is 14.4 Å². The van der Waals surface area contributed by atoms with Gasteiger partial charge in [0.15, 0.2) is 6.29 Å². The Hall–Kier alpha value is -0.700. The molecule has 1 saturated heterocycles. The van der Waals surface area contributed by atoms with Crippen molar-refractivity contribution in [2.24, 2.45) is 45.3 Å². The molecule has 0 aromatic heterocycles. The fourth-order valence-electron chi connectivity index (χ4n) is 11.9. The topological polar surface area (TPSA) is 190 Å². The van der Waals surface area contributed by atoms with Gasteiger partial charge in [0.05, 0.1) is 24.4 Å². The van der Waals surface area contributed by atoms with E-state index in [1.54, 1.807) is 19.9 Å². The van der Waals surface area contributed by atoms with E-state index < -0.39 is 77.7 Å². The Morgan fingerprint density at radius 3 is 2.06 bits per heavy atom. The molecule has 16 atom stereocenters. The third kappa shape index (κ3) is 5.68. The molecule has 5 aliphatic rings. The molecule has 0 radical (unpaired) electrons. The van der Waals surface area contributed by atoms with E-state index in [1.807, 2.05) is 26.8 Å². The van der Waals surface area contributed by atoms with Gasteiger partial charge in [0, 0.05) is 5.41 Å². The summed E-state index contributed by atoms with van der Waals surface area (Å²) in [5.41, 5.74) is -3.35. The van der Waals surface area contributed by atoms with Gasteiger partial charge in [0.1, 0.15) is 36.1 Å². The Morgan fingerprint density at radius 2 is 1.45 bits per heavy atom. The monoisotopic (exact) mass is 670 g/mol. The van der Waals surface area contributed by atoms with Crippen molar-refractivity contribution in [1.82, 2.24) is 0 Å². The summed E-state index contributed by atoms with van der Waals surface area (Å²) in [5, 5.41) is 86.0. The number of rotatable bonds is 8. The number of hydrogen-bond donors (Lipinski definition) is 8. The summed E-state index contributed by atoms with van der Waals surface area (Å²) < 4.78 is 11.9. The number of hydrogen-bond acceptors (Lipinski definition) is 11. The van der Waals surface area contributed by atoms with E-state index >= 15 is 0 Å². The molecule has 0 bridgehead atoms. The van der Waals surface area contributed by atoms with Gasteiger partial charge < -0.3 is 45.2 Å². The predicted molar refractivity (Wildman–Crippen MR) is 173 cm³/mol. The first-order valence-corrected chi connectivity index (χ1v) is 17.7. The maximum absolute atomic E-state index is 12.1. The van der Waals surface area contributed by atoms with Crippen molar-refractivity contribution < 1.29 is 55.4 Å². The van der Waals surface area contributed by atoms with Gasteiger partial charge in [0.25, 0.3) is 0 Å². The number of aliphatic hydroxyl groups is 7. The van der Waals surface area contributed by atoms with E-state index in [-0.39, 0.29) is 34.5 Å². The molecular formula is C36H62O11. The molecule has 4 aliphatic carbocycles. The van der Waals surface area contributed by atoms with Gasteiger partial charge >= 0.3 is 0 Å². The van der Waals surface area contributed by atoms with Crippen LogP contribution < -0.4 is 0 Å². The van der Waals surface area contributed by atoms with Crippen LogP contribution in [0.25, 0.3) is 0 Å². The minimum absolute atomic E-state index is 0.0518. The Morgan fingerprint density at radius 1 is 0.809 bits per heavy atom. The van der Waals surface area contributed by atoms with Crippen molar-refractivity contribution in [3.8, 4) is 0 Å². The van der Waals surface area contributed by atoms with Gasteiger partial charge in [-0.05, 0) is 106 Å². The molecule has 11 nitrogen and oxygen atoms in total. The second-order valence-electron chi connectivity index (χ2n) is 17.8. The molecule has 4 saturated carbocycles. The summed E-state index contributed by atoms with van der Waals surface area (Å²) in [5.74, 6) is 0.422. The van der Waals surface area contributed by atoms with Crippen LogP contribution in [0.15, 0.2) is 12.2 Å². The summed E-state index contributed by atoms with van der Waals surface area (Å²) in [4.78, 5) is 4.54. The Balaban J connectivity index is 1.40. The van der Waals surface area contributed by atoms with E-state index in [9.17, 15) is 41.0 Å². The molecule has 0 aromatic carbocycles. The van der Waals surface area contributed by atoms with Crippen LogP contribution in [0.2, 0.25) is 0 Å². The average molecular weight is 671 g/mol. The lowest BCUT2D eigenvalue weighted by Crippen LogP contribution is -2.73. The van der Waals surface area contributed by atoms with Gasteiger partial charge in [-0.25, -0.2) is 4.89 Å². The zero-order chi connectivity index (χ0) is 35.1. The van der Waals surface area contributed by atoms with Crippen LogP contribution in [0.5, 0.6) is 0 Å².